The van der Waals surface area contributed by atoms with Crippen molar-refractivity contribution in [2.75, 3.05) is 0 Å². The van der Waals surface area contributed by atoms with Crippen molar-refractivity contribution in [2.24, 2.45) is 5.92 Å². The number of halogens is 1. The smallest absolute Gasteiger partial charge is 0.316 e. The van der Waals surface area contributed by atoms with E-state index >= 15 is 0 Å². The number of aliphatic carboxylic acids is 1. The average molecular weight is 371 g/mol. The molecule has 0 radical (unpaired) electrons. The summed E-state index contributed by atoms with van der Waals surface area (Å²) in [6.07, 6.45) is 1.66. The van der Waals surface area contributed by atoms with E-state index in [-0.39, 0.29) is 11.5 Å². The van der Waals surface area contributed by atoms with Crippen LogP contribution in [0.15, 0.2) is 33.7 Å². The quantitative estimate of drug-likeness (QED) is 0.875. The van der Waals surface area contributed by atoms with Gasteiger partial charge in [0.2, 0.25) is 0 Å². The SMILES string of the molecule is CC(C)C(SCc1cc(=O)n2cc(Br)ccc2n1)C(=O)O. The molecule has 0 amide bonds. The third-order valence-corrected chi connectivity index (χ3v) is 4.97. The second kappa shape index (κ2) is 6.62. The summed E-state index contributed by atoms with van der Waals surface area (Å²) < 4.78 is 2.25. The molecule has 0 aliphatic rings. The predicted octanol–water partition coefficient (Wildman–Crippen LogP) is 2.80. The number of hydrogen-bond donors (Lipinski definition) is 1. The second-order valence-corrected chi connectivity index (χ2v) is 7.02. The van der Waals surface area contributed by atoms with Crippen molar-refractivity contribution in [1.82, 2.24) is 9.38 Å². The van der Waals surface area contributed by atoms with Crippen LogP contribution >= 0.6 is 27.7 Å². The average Bonchev–Trinajstić information content (AvgIpc) is 2.39. The Hall–Kier alpha value is -1.34. The van der Waals surface area contributed by atoms with Gasteiger partial charge >= 0.3 is 5.97 Å². The number of hydrogen-bond acceptors (Lipinski definition) is 4. The van der Waals surface area contributed by atoms with Crippen LogP contribution < -0.4 is 5.56 Å². The Balaban J connectivity index is 2.25. The Morgan fingerprint density at radius 2 is 2.19 bits per heavy atom. The molecule has 0 bridgehead atoms. The summed E-state index contributed by atoms with van der Waals surface area (Å²) in [7, 11) is 0. The van der Waals surface area contributed by atoms with E-state index < -0.39 is 11.2 Å². The second-order valence-electron chi connectivity index (χ2n) is 4.98. The first-order valence-electron chi connectivity index (χ1n) is 6.40. The van der Waals surface area contributed by atoms with E-state index in [0.29, 0.717) is 17.1 Å². The van der Waals surface area contributed by atoms with Crippen molar-refractivity contribution in [3.63, 3.8) is 0 Å². The highest BCUT2D eigenvalue weighted by Crippen LogP contribution is 2.23. The molecule has 7 heteroatoms. The fourth-order valence-electron chi connectivity index (χ4n) is 1.92. The van der Waals surface area contributed by atoms with E-state index in [1.165, 1.54) is 22.2 Å². The lowest BCUT2D eigenvalue weighted by Gasteiger charge is -2.15. The van der Waals surface area contributed by atoms with Crippen molar-refractivity contribution in [2.45, 2.75) is 24.9 Å². The largest absolute Gasteiger partial charge is 0.480 e. The van der Waals surface area contributed by atoms with E-state index in [0.717, 1.165) is 4.47 Å². The summed E-state index contributed by atoms with van der Waals surface area (Å²) in [5.41, 5.74) is 0.977. The first kappa shape index (κ1) is 16.0. The molecule has 0 saturated carbocycles. The van der Waals surface area contributed by atoms with Crippen LogP contribution in [0.3, 0.4) is 0 Å². The lowest BCUT2D eigenvalue weighted by molar-refractivity contribution is -0.137. The molecule has 1 atom stereocenters. The molecular formula is C14H15BrN2O3S. The van der Waals surface area contributed by atoms with Crippen LogP contribution in [0.2, 0.25) is 0 Å². The van der Waals surface area contributed by atoms with Gasteiger partial charge in [-0.1, -0.05) is 13.8 Å². The van der Waals surface area contributed by atoms with Gasteiger partial charge in [-0.2, -0.15) is 0 Å². The minimum atomic E-state index is -0.837. The van der Waals surface area contributed by atoms with E-state index in [2.05, 4.69) is 20.9 Å². The van der Waals surface area contributed by atoms with Crippen LogP contribution in [0.5, 0.6) is 0 Å². The first-order valence-corrected chi connectivity index (χ1v) is 8.25. The van der Waals surface area contributed by atoms with E-state index in [1.54, 1.807) is 12.3 Å². The van der Waals surface area contributed by atoms with Gasteiger partial charge < -0.3 is 5.11 Å². The topological polar surface area (TPSA) is 71.7 Å². The summed E-state index contributed by atoms with van der Waals surface area (Å²) in [4.78, 5) is 27.6. The Bertz CT molecular complexity index is 730. The molecule has 0 aliphatic heterocycles. The van der Waals surface area contributed by atoms with Crippen LogP contribution in [0, 0.1) is 5.92 Å². The van der Waals surface area contributed by atoms with Gasteiger partial charge in [-0.05, 0) is 34.0 Å². The van der Waals surface area contributed by atoms with Crippen molar-refractivity contribution in [3.05, 3.63) is 44.9 Å². The number of pyridine rings is 1. The summed E-state index contributed by atoms with van der Waals surface area (Å²) >= 11 is 4.60. The zero-order chi connectivity index (χ0) is 15.6. The van der Waals surface area contributed by atoms with Crippen LogP contribution in [-0.2, 0) is 10.5 Å². The number of aromatic nitrogens is 2. The molecule has 2 aromatic heterocycles. The van der Waals surface area contributed by atoms with E-state index in [9.17, 15) is 9.59 Å². The van der Waals surface area contributed by atoms with Gasteiger partial charge in [-0.15, -0.1) is 11.8 Å². The van der Waals surface area contributed by atoms with Gasteiger partial charge in [0.05, 0.1) is 5.69 Å². The molecule has 0 fully saturated rings. The molecule has 0 aliphatic carbocycles. The predicted molar refractivity (Wildman–Crippen MR) is 86.7 cm³/mol. The fraction of sp³-hybridized carbons (Fsp3) is 0.357. The number of thioether (sulfide) groups is 1. The number of nitrogens with zero attached hydrogens (tertiary/aromatic N) is 2. The van der Waals surface area contributed by atoms with Crippen molar-refractivity contribution >= 4 is 39.3 Å². The highest BCUT2D eigenvalue weighted by atomic mass is 79.9. The molecule has 2 rings (SSSR count). The number of fused-ring (bicyclic) bond motifs is 1. The summed E-state index contributed by atoms with van der Waals surface area (Å²) in [5, 5.41) is 8.66. The van der Waals surface area contributed by atoms with Gasteiger partial charge in [-0.25, -0.2) is 4.98 Å². The molecular weight excluding hydrogens is 356 g/mol. The van der Waals surface area contributed by atoms with Gasteiger partial charge in [0.15, 0.2) is 0 Å². The highest BCUT2D eigenvalue weighted by molar-refractivity contribution is 9.10. The Labute approximate surface area is 134 Å². The minimum absolute atomic E-state index is 0.0185. The molecule has 0 saturated heterocycles. The molecule has 2 heterocycles. The third-order valence-electron chi connectivity index (χ3n) is 2.94. The molecule has 0 spiro atoms. The molecule has 1 N–H and O–H groups in total. The maximum atomic E-state index is 12.0. The molecule has 5 nitrogen and oxygen atoms in total. The lowest BCUT2D eigenvalue weighted by atomic mass is 10.1. The zero-order valence-corrected chi connectivity index (χ0v) is 14.0. The molecule has 21 heavy (non-hydrogen) atoms. The Morgan fingerprint density at radius 1 is 1.48 bits per heavy atom. The van der Waals surface area contributed by atoms with E-state index in [4.69, 9.17) is 5.11 Å². The van der Waals surface area contributed by atoms with Gasteiger partial charge in [0.1, 0.15) is 10.9 Å². The van der Waals surface area contributed by atoms with Crippen LogP contribution in [0.1, 0.15) is 19.5 Å². The van der Waals surface area contributed by atoms with Gasteiger partial charge in [0, 0.05) is 22.5 Å². The maximum absolute atomic E-state index is 12.0. The standard InChI is InChI=1S/C14H15BrN2O3S/c1-8(2)13(14(19)20)21-7-10-5-12(18)17-6-9(15)3-4-11(17)16-10/h3-6,8,13H,7H2,1-2H3,(H,19,20). The van der Waals surface area contributed by atoms with Crippen molar-refractivity contribution < 1.29 is 9.90 Å². The van der Waals surface area contributed by atoms with Gasteiger partial charge in [0.25, 0.3) is 5.56 Å². The Kier molecular flexibility index (Phi) is 5.05. The molecule has 1 unspecified atom stereocenters. The normalized spacial score (nSPS) is 12.8. The number of carboxylic acid groups (broad SMARTS) is 1. The maximum Gasteiger partial charge on any atom is 0.316 e. The first-order chi connectivity index (χ1) is 9.88. The van der Waals surface area contributed by atoms with Crippen LogP contribution in [-0.4, -0.2) is 25.7 Å². The molecule has 112 valence electrons. The van der Waals surface area contributed by atoms with Crippen LogP contribution in [0.25, 0.3) is 5.65 Å². The van der Waals surface area contributed by atoms with Crippen LogP contribution in [0.4, 0.5) is 0 Å². The van der Waals surface area contributed by atoms with Crippen molar-refractivity contribution in [3.8, 4) is 0 Å². The third kappa shape index (κ3) is 3.85. The summed E-state index contributed by atoms with van der Waals surface area (Å²) in [5.74, 6) is -0.418. The van der Waals surface area contributed by atoms with Crippen molar-refractivity contribution in [1.29, 1.82) is 0 Å². The fourth-order valence-corrected chi connectivity index (χ4v) is 3.29. The number of carboxylic acids is 1. The number of carbonyl (C=O) groups is 1. The Morgan fingerprint density at radius 3 is 2.81 bits per heavy atom. The summed E-state index contributed by atoms with van der Waals surface area (Å²) in [6, 6.07) is 5.01. The minimum Gasteiger partial charge on any atom is -0.480 e. The number of rotatable bonds is 5. The lowest BCUT2D eigenvalue weighted by Crippen LogP contribution is -2.23. The molecule has 0 aromatic carbocycles. The zero-order valence-electron chi connectivity index (χ0n) is 11.6. The van der Waals surface area contributed by atoms with E-state index in [1.807, 2.05) is 19.9 Å². The molecule has 2 aromatic rings. The monoisotopic (exact) mass is 370 g/mol. The van der Waals surface area contributed by atoms with Gasteiger partial charge in [-0.3, -0.25) is 14.0 Å². The summed E-state index contributed by atoms with van der Waals surface area (Å²) in [6.45, 7) is 3.73. The highest BCUT2D eigenvalue weighted by Gasteiger charge is 2.22.